The molecule has 0 radical (unpaired) electrons. The van der Waals surface area contributed by atoms with Gasteiger partial charge in [-0.25, -0.2) is 8.42 Å². The van der Waals surface area contributed by atoms with Crippen LogP contribution in [0.5, 0.6) is 0 Å². The predicted molar refractivity (Wildman–Crippen MR) is 104 cm³/mol. The smallest absolute Gasteiger partial charge is 0.255 e. The number of benzene rings is 2. The predicted octanol–water partition coefficient (Wildman–Crippen LogP) is 3.56. The summed E-state index contributed by atoms with van der Waals surface area (Å²) in [4.78, 5) is 15.1. The van der Waals surface area contributed by atoms with Crippen molar-refractivity contribution < 1.29 is 13.2 Å². The van der Waals surface area contributed by atoms with Crippen LogP contribution < -0.4 is 0 Å². The number of rotatable bonds is 5. The highest BCUT2D eigenvalue weighted by Gasteiger charge is 2.31. The number of nitrogens with zero attached hydrogens (tertiary/aromatic N) is 1. The standard InChI is InChI=1S/C21H23NO3S/c1-4-13-22-14-19(16-7-5-15(2)6-8-16)20(21(22)23)17-9-11-18(12-10-17)26(3,24)25/h5-12H,4,13-14H2,1-3H3. The first kappa shape index (κ1) is 18.4. The van der Waals surface area contributed by atoms with Gasteiger partial charge >= 0.3 is 0 Å². The Bertz CT molecular complexity index is 955. The molecule has 1 aliphatic rings. The Balaban J connectivity index is 2.09. The first-order chi connectivity index (χ1) is 12.3. The molecular weight excluding hydrogens is 346 g/mol. The highest BCUT2D eigenvalue weighted by atomic mass is 32.2. The van der Waals surface area contributed by atoms with E-state index in [1.165, 1.54) is 11.8 Å². The van der Waals surface area contributed by atoms with Gasteiger partial charge < -0.3 is 4.90 Å². The lowest BCUT2D eigenvalue weighted by Crippen LogP contribution is -2.27. The molecule has 0 spiro atoms. The topological polar surface area (TPSA) is 54.5 Å². The fraction of sp³-hybridized carbons (Fsp3) is 0.286. The minimum Gasteiger partial charge on any atom is -0.334 e. The molecule has 0 aliphatic carbocycles. The van der Waals surface area contributed by atoms with Gasteiger partial charge in [0.25, 0.3) is 5.91 Å². The van der Waals surface area contributed by atoms with Crippen molar-refractivity contribution in [1.29, 1.82) is 0 Å². The van der Waals surface area contributed by atoms with Crippen molar-refractivity contribution in [3.63, 3.8) is 0 Å². The molecule has 5 heteroatoms. The van der Waals surface area contributed by atoms with E-state index in [1.807, 2.05) is 36.1 Å². The largest absolute Gasteiger partial charge is 0.334 e. The molecular formula is C21H23NO3S. The Kier molecular flexibility index (Phi) is 5.01. The second-order valence-corrected chi connectivity index (χ2v) is 8.76. The van der Waals surface area contributed by atoms with Crippen molar-refractivity contribution in [3.05, 3.63) is 65.2 Å². The van der Waals surface area contributed by atoms with Gasteiger partial charge in [-0.1, -0.05) is 48.9 Å². The number of aryl methyl sites for hydroxylation is 1. The van der Waals surface area contributed by atoms with Crippen LogP contribution in [0, 0.1) is 6.92 Å². The van der Waals surface area contributed by atoms with Crippen LogP contribution >= 0.6 is 0 Å². The summed E-state index contributed by atoms with van der Waals surface area (Å²) in [7, 11) is -3.26. The lowest BCUT2D eigenvalue weighted by atomic mass is 9.96. The van der Waals surface area contributed by atoms with Crippen LogP contribution in [0.15, 0.2) is 53.4 Å². The number of amides is 1. The van der Waals surface area contributed by atoms with Crippen molar-refractivity contribution in [3.8, 4) is 0 Å². The summed E-state index contributed by atoms with van der Waals surface area (Å²) >= 11 is 0. The summed E-state index contributed by atoms with van der Waals surface area (Å²) < 4.78 is 23.4. The highest BCUT2D eigenvalue weighted by Crippen LogP contribution is 2.35. The lowest BCUT2D eigenvalue weighted by molar-refractivity contribution is -0.123. The van der Waals surface area contributed by atoms with Gasteiger partial charge in [-0.05, 0) is 42.2 Å². The first-order valence-electron chi connectivity index (χ1n) is 8.71. The van der Waals surface area contributed by atoms with Gasteiger partial charge in [-0.3, -0.25) is 4.79 Å². The molecule has 26 heavy (non-hydrogen) atoms. The molecule has 4 nitrogen and oxygen atoms in total. The third-order valence-electron chi connectivity index (χ3n) is 4.62. The summed E-state index contributed by atoms with van der Waals surface area (Å²) in [5, 5.41) is 0. The van der Waals surface area contributed by atoms with Crippen molar-refractivity contribution in [2.75, 3.05) is 19.3 Å². The quantitative estimate of drug-likeness (QED) is 0.810. The van der Waals surface area contributed by atoms with Gasteiger partial charge in [0.05, 0.1) is 10.5 Å². The highest BCUT2D eigenvalue weighted by molar-refractivity contribution is 7.90. The normalized spacial score (nSPS) is 15.0. The average molecular weight is 369 g/mol. The minimum atomic E-state index is -3.26. The molecule has 1 heterocycles. The third-order valence-corrected chi connectivity index (χ3v) is 5.74. The lowest BCUT2D eigenvalue weighted by Gasteiger charge is -2.15. The second-order valence-electron chi connectivity index (χ2n) is 6.74. The fourth-order valence-electron chi connectivity index (χ4n) is 3.24. The maximum atomic E-state index is 13.0. The summed E-state index contributed by atoms with van der Waals surface area (Å²) in [6, 6.07) is 14.8. The van der Waals surface area contributed by atoms with Crippen LogP contribution in [-0.4, -0.2) is 38.6 Å². The van der Waals surface area contributed by atoms with E-state index in [1.54, 1.807) is 24.3 Å². The average Bonchev–Trinajstić information content (AvgIpc) is 2.92. The molecule has 0 atom stereocenters. The van der Waals surface area contributed by atoms with E-state index in [9.17, 15) is 13.2 Å². The molecule has 0 fully saturated rings. The molecule has 1 aliphatic heterocycles. The maximum Gasteiger partial charge on any atom is 0.255 e. The van der Waals surface area contributed by atoms with Gasteiger partial charge in [-0.2, -0.15) is 0 Å². The number of carbonyl (C=O) groups is 1. The Morgan fingerprint density at radius 1 is 0.962 bits per heavy atom. The van der Waals surface area contributed by atoms with E-state index in [0.29, 0.717) is 18.7 Å². The minimum absolute atomic E-state index is 0.00882. The van der Waals surface area contributed by atoms with Crippen molar-refractivity contribution in [2.45, 2.75) is 25.2 Å². The zero-order valence-corrected chi connectivity index (χ0v) is 16.1. The zero-order valence-electron chi connectivity index (χ0n) is 15.3. The van der Waals surface area contributed by atoms with E-state index >= 15 is 0 Å². The van der Waals surface area contributed by atoms with E-state index in [0.717, 1.165) is 23.1 Å². The third kappa shape index (κ3) is 3.58. The Labute approximate surface area is 155 Å². The SMILES string of the molecule is CCCN1CC(c2ccc(C)cc2)=C(c2ccc(S(C)(=O)=O)cc2)C1=O. The molecule has 1 amide bonds. The molecule has 3 rings (SSSR count). The molecule has 2 aromatic rings. The van der Waals surface area contributed by atoms with Crippen molar-refractivity contribution >= 4 is 26.9 Å². The van der Waals surface area contributed by atoms with E-state index in [-0.39, 0.29) is 10.8 Å². The van der Waals surface area contributed by atoms with Gasteiger partial charge in [0.2, 0.25) is 0 Å². The Hall–Kier alpha value is -2.40. The van der Waals surface area contributed by atoms with Gasteiger partial charge in [0.15, 0.2) is 9.84 Å². The molecule has 0 aromatic heterocycles. The number of carbonyl (C=O) groups excluding carboxylic acids is 1. The number of sulfone groups is 1. The van der Waals surface area contributed by atoms with Crippen LogP contribution in [0.4, 0.5) is 0 Å². The maximum absolute atomic E-state index is 13.0. The molecule has 136 valence electrons. The second kappa shape index (κ2) is 7.08. The molecule has 0 unspecified atom stereocenters. The number of hydrogen-bond acceptors (Lipinski definition) is 3. The summed E-state index contributed by atoms with van der Waals surface area (Å²) in [5.74, 6) is 0.00882. The molecule has 0 saturated carbocycles. The monoisotopic (exact) mass is 369 g/mol. The summed E-state index contributed by atoms with van der Waals surface area (Å²) in [6.07, 6.45) is 2.08. The van der Waals surface area contributed by atoms with Crippen LogP contribution in [0.2, 0.25) is 0 Å². The van der Waals surface area contributed by atoms with Gasteiger partial charge in [-0.15, -0.1) is 0 Å². The van der Waals surface area contributed by atoms with E-state index < -0.39 is 9.84 Å². The van der Waals surface area contributed by atoms with Gasteiger partial charge in [0.1, 0.15) is 0 Å². The van der Waals surface area contributed by atoms with Crippen LogP contribution in [0.1, 0.15) is 30.0 Å². The zero-order chi connectivity index (χ0) is 18.9. The molecule has 0 N–H and O–H groups in total. The van der Waals surface area contributed by atoms with Crippen LogP contribution in [0.3, 0.4) is 0 Å². The molecule has 2 aromatic carbocycles. The summed E-state index contributed by atoms with van der Waals surface area (Å²) in [6.45, 7) is 5.38. The van der Waals surface area contributed by atoms with E-state index in [2.05, 4.69) is 6.92 Å². The van der Waals surface area contributed by atoms with Crippen LogP contribution in [0.25, 0.3) is 11.1 Å². The van der Waals surface area contributed by atoms with Crippen molar-refractivity contribution in [1.82, 2.24) is 4.90 Å². The Morgan fingerprint density at radius 2 is 1.54 bits per heavy atom. The first-order valence-corrected chi connectivity index (χ1v) is 10.6. The molecule has 0 bridgehead atoms. The van der Waals surface area contributed by atoms with E-state index in [4.69, 9.17) is 0 Å². The van der Waals surface area contributed by atoms with Gasteiger partial charge in [0, 0.05) is 19.3 Å². The van der Waals surface area contributed by atoms with Crippen molar-refractivity contribution in [2.24, 2.45) is 0 Å². The van der Waals surface area contributed by atoms with Crippen LogP contribution in [-0.2, 0) is 14.6 Å². The Morgan fingerprint density at radius 3 is 2.08 bits per heavy atom. The summed E-state index contributed by atoms with van der Waals surface area (Å²) in [5.41, 5.74) is 4.63. The molecule has 0 saturated heterocycles. The fourth-order valence-corrected chi connectivity index (χ4v) is 3.87. The number of hydrogen-bond donors (Lipinski definition) is 0.